The van der Waals surface area contributed by atoms with Gasteiger partial charge in [0.25, 0.3) is 0 Å². The van der Waals surface area contributed by atoms with E-state index in [4.69, 9.17) is 16.1 Å². The van der Waals surface area contributed by atoms with Gasteiger partial charge in [-0.3, -0.25) is 0 Å². The molecule has 5 heteroatoms. The summed E-state index contributed by atoms with van der Waals surface area (Å²) in [6.45, 7) is 2.16. The summed E-state index contributed by atoms with van der Waals surface area (Å²) in [6, 6.07) is 7.73. The van der Waals surface area contributed by atoms with Crippen molar-refractivity contribution in [1.29, 1.82) is 0 Å². The van der Waals surface area contributed by atoms with Crippen molar-refractivity contribution in [2.24, 2.45) is 0 Å². The molecule has 106 valence electrons. The van der Waals surface area contributed by atoms with E-state index in [1.165, 1.54) is 21.6 Å². The fourth-order valence-electron chi connectivity index (χ4n) is 2.78. The van der Waals surface area contributed by atoms with Crippen molar-refractivity contribution in [3.8, 4) is 11.3 Å². The van der Waals surface area contributed by atoms with E-state index >= 15 is 0 Å². The minimum atomic E-state index is 0.738. The molecule has 2 aromatic heterocycles. The molecule has 0 aliphatic heterocycles. The Kier molecular flexibility index (Phi) is 3.01. The maximum atomic E-state index is 5.94. The minimum absolute atomic E-state index is 0.738. The zero-order valence-corrected chi connectivity index (χ0v) is 13.0. The van der Waals surface area contributed by atoms with Crippen LogP contribution in [0.3, 0.4) is 0 Å². The largest absolute Gasteiger partial charge is 0.356 e. The van der Waals surface area contributed by atoms with Crippen LogP contribution < -0.4 is 5.32 Å². The van der Waals surface area contributed by atoms with E-state index in [-0.39, 0.29) is 0 Å². The Morgan fingerprint density at radius 3 is 2.86 bits per heavy atom. The van der Waals surface area contributed by atoms with Gasteiger partial charge in [-0.2, -0.15) is 0 Å². The molecule has 4 rings (SSSR count). The average molecular weight is 317 g/mol. The van der Waals surface area contributed by atoms with Gasteiger partial charge in [0.05, 0.1) is 11.8 Å². The van der Waals surface area contributed by atoms with Crippen LogP contribution in [0.2, 0.25) is 5.02 Å². The molecule has 2 heterocycles. The summed E-state index contributed by atoms with van der Waals surface area (Å²) in [5.74, 6) is 0.914. The second-order valence-electron chi connectivity index (χ2n) is 5.15. The summed E-state index contributed by atoms with van der Waals surface area (Å²) in [4.78, 5) is 1.34. The highest BCUT2D eigenvalue weighted by molar-refractivity contribution is 7.17. The van der Waals surface area contributed by atoms with Crippen LogP contribution in [-0.2, 0) is 12.8 Å². The van der Waals surface area contributed by atoms with Crippen molar-refractivity contribution in [2.75, 3.05) is 5.32 Å². The number of hydrogen-bond donors (Lipinski definition) is 1. The van der Waals surface area contributed by atoms with Gasteiger partial charge in [0.2, 0.25) is 0 Å². The predicted octanol–water partition coefficient (Wildman–Crippen LogP) is 5.21. The normalized spacial score (nSPS) is 12.9. The lowest BCUT2D eigenvalue weighted by Gasteiger charge is -2.13. The lowest BCUT2D eigenvalue weighted by atomic mass is 9.92. The monoisotopic (exact) mass is 316 g/mol. The zero-order chi connectivity index (χ0) is 14.4. The Morgan fingerprint density at radius 2 is 2.05 bits per heavy atom. The fraction of sp³-hybridized carbons (Fsp3) is 0.188. The van der Waals surface area contributed by atoms with Crippen LogP contribution in [0, 0.1) is 6.92 Å². The number of thiophene rings is 1. The molecule has 0 amide bonds. The number of nitrogens with zero attached hydrogens (tertiary/aromatic N) is 1. The highest BCUT2D eigenvalue weighted by Gasteiger charge is 2.27. The third kappa shape index (κ3) is 2.15. The van der Waals surface area contributed by atoms with Crippen LogP contribution in [0.15, 0.2) is 35.0 Å². The molecule has 0 bridgehead atoms. The number of aromatic nitrogens is 1. The first-order valence-corrected chi connectivity index (χ1v) is 8.00. The molecule has 0 atom stereocenters. The number of anilines is 2. The molecule has 1 aliphatic rings. The number of benzene rings is 1. The Bertz CT molecular complexity index is 804. The Balaban J connectivity index is 1.79. The molecule has 0 unspecified atom stereocenters. The number of halogens is 1. The van der Waals surface area contributed by atoms with Gasteiger partial charge in [0.15, 0.2) is 5.76 Å². The quantitative estimate of drug-likeness (QED) is 0.705. The Labute approximate surface area is 131 Å². The first-order chi connectivity index (χ1) is 10.2. The molecule has 3 aromatic rings. The minimum Gasteiger partial charge on any atom is -0.356 e. The van der Waals surface area contributed by atoms with Crippen molar-refractivity contribution < 1.29 is 4.52 Å². The maximum Gasteiger partial charge on any atom is 0.173 e. The molecule has 0 fully saturated rings. The van der Waals surface area contributed by atoms with Crippen molar-refractivity contribution in [2.45, 2.75) is 19.8 Å². The molecule has 1 aliphatic carbocycles. The summed E-state index contributed by atoms with van der Waals surface area (Å²) in [5.41, 5.74) is 4.77. The van der Waals surface area contributed by atoms with Crippen molar-refractivity contribution in [1.82, 2.24) is 5.16 Å². The van der Waals surface area contributed by atoms with Crippen molar-refractivity contribution in [3.05, 3.63) is 51.5 Å². The van der Waals surface area contributed by atoms with E-state index in [0.29, 0.717) is 0 Å². The second-order valence-corrected chi connectivity index (χ2v) is 6.81. The summed E-state index contributed by atoms with van der Waals surface area (Å²) < 4.78 is 5.49. The SMILES string of the molecule is Cc1sc(Nc2ccc(Cl)cc2)c2c1CCc1cnoc1-2. The van der Waals surface area contributed by atoms with Gasteiger partial charge in [-0.25, -0.2) is 0 Å². The molecule has 0 saturated carbocycles. The molecular formula is C16H13ClN2OS. The fourth-order valence-corrected chi connectivity index (χ4v) is 4.02. The molecule has 0 radical (unpaired) electrons. The Hall–Kier alpha value is -1.78. The van der Waals surface area contributed by atoms with Crippen LogP contribution in [0.1, 0.15) is 16.0 Å². The average Bonchev–Trinajstić information content (AvgIpc) is 3.06. The lowest BCUT2D eigenvalue weighted by Crippen LogP contribution is -2.01. The van der Waals surface area contributed by atoms with E-state index in [9.17, 15) is 0 Å². The maximum absolute atomic E-state index is 5.94. The number of nitrogens with one attached hydrogen (secondary N) is 1. The third-order valence-corrected chi connectivity index (χ3v) is 5.14. The van der Waals surface area contributed by atoms with Crippen LogP contribution in [-0.4, -0.2) is 5.16 Å². The molecule has 0 saturated heterocycles. The van der Waals surface area contributed by atoms with Gasteiger partial charge < -0.3 is 9.84 Å². The molecule has 21 heavy (non-hydrogen) atoms. The molecule has 3 nitrogen and oxygen atoms in total. The molecular weight excluding hydrogens is 304 g/mol. The van der Waals surface area contributed by atoms with Gasteiger partial charge in [-0.15, -0.1) is 11.3 Å². The van der Waals surface area contributed by atoms with Crippen LogP contribution >= 0.6 is 22.9 Å². The van der Waals surface area contributed by atoms with Crippen LogP contribution in [0.5, 0.6) is 0 Å². The molecule has 1 aromatic carbocycles. The summed E-state index contributed by atoms with van der Waals surface area (Å²) in [5, 5.41) is 9.29. The van der Waals surface area contributed by atoms with E-state index in [0.717, 1.165) is 34.3 Å². The highest BCUT2D eigenvalue weighted by atomic mass is 35.5. The summed E-state index contributed by atoms with van der Waals surface area (Å²) in [7, 11) is 0. The van der Waals surface area contributed by atoms with E-state index in [1.807, 2.05) is 30.5 Å². The highest BCUT2D eigenvalue weighted by Crippen LogP contribution is 2.46. The number of rotatable bonds is 2. The van der Waals surface area contributed by atoms with Crippen molar-refractivity contribution >= 4 is 33.6 Å². The first kappa shape index (κ1) is 12.9. The van der Waals surface area contributed by atoms with Gasteiger partial charge in [-0.05, 0) is 49.6 Å². The van der Waals surface area contributed by atoms with E-state index in [2.05, 4.69) is 17.4 Å². The first-order valence-electron chi connectivity index (χ1n) is 6.81. The predicted molar refractivity (Wildman–Crippen MR) is 86.7 cm³/mol. The Morgan fingerprint density at radius 1 is 1.24 bits per heavy atom. The van der Waals surface area contributed by atoms with Gasteiger partial charge in [-0.1, -0.05) is 16.8 Å². The van der Waals surface area contributed by atoms with E-state index < -0.39 is 0 Å². The number of fused-ring (bicyclic) bond motifs is 3. The van der Waals surface area contributed by atoms with E-state index in [1.54, 1.807) is 11.3 Å². The smallest absolute Gasteiger partial charge is 0.173 e. The van der Waals surface area contributed by atoms with Crippen molar-refractivity contribution in [3.63, 3.8) is 0 Å². The zero-order valence-electron chi connectivity index (χ0n) is 11.4. The number of aryl methyl sites for hydroxylation is 2. The second kappa shape index (κ2) is 4.90. The molecule has 1 N–H and O–H groups in total. The standard InChI is InChI=1S/C16H13ClN2OS/c1-9-13-7-2-10-8-18-20-15(10)14(13)16(21-9)19-12-5-3-11(17)4-6-12/h3-6,8,19H,2,7H2,1H3. The topological polar surface area (TPSA) is 38.1 Å². The van der Waals surface area contributed by atoms with Gasteiger partial charge >= 0.3 is 0 Å². The molecule has 0 spiro atoms. The van der Waals surface area contributed by atoms with Crippen LogP contribution in [0.4, 0.5) is 10.7 Å². The van der Waals surface area contributed by atoms with Crippen LogP contribution in [0.25, 0.3) is 11.3 Å². The number of hydrogen-bond acceptors (Lipinski definition) is 4. The third-order valence-electron chi connectivity index (χ3n) is 3.83. The van der Waals surface area contributed by atoms with Gasteiger partial charge in [0.1, 0.15) is 5.00 Å². The lowest BCUT2D eigenvalue weighted by molar-refractivity contribution is 0.431. The van der Waals surface area contributed by atoms with Gasteiger partial charge in [0, 0.05) is 21.2 Å². The summed E-state index contributed by atoms with van der Waals surface area (Å²) >= 11 is 7.70. The summed E-state index contributed by atoms with van der Waals surface area (Å²) in [6.07, 6.45) is 3.88.